The number of benzene rings is 1. The van der Waals surface area contributed by atoms with Gasteiger partial charge in [-0.3, -0.25) is 4.79 Å². The maximum atomic E-state index is 11.6. The molecule has 2 saturated carbocycles. The van der Waals surface area contributed by atoms with Crippen LogP contribution in [0.25, 0.3) is 0 Å². The first-order chi connectivity index (χ1) is 12.5. The van der Waals surface area contributed by atoms with Crippen molar-refractivity contribution in [1.82, 2.24) is 0 Å². The third-order valence-corrected chi connectivity index (χ3v) is 7.42. The van der Waals surface area contributed by atoms with Crippen LogP contribution in [0.15, 0.2) is 29.8 Å². The van der Waals surface area contributed by atoms with Crippen molar-refractivity contribution in [3.63, 3.8) is 0 Å². The predicted molar refractivity (Wildman–Crippen MR) is 102 cm³/mol. The van der Waals surface area contributed by atoms with Crippen molar-refractivity contribution in [2.75, 3.05) is 7.11 Å². The molecule has 0 spiro atoms. The second-order valence-corrected chi connectivity index (χ2v) is 8.51. The zero-order valence-corrected chi connectivity index (χ0v) is 16.4. The van der Waals surface area contributed by atoms with Crippen molar-refractivity contribution in [3.05, 3.63) is 41.0 Å². The van der Waals surface area contributed by atoms with Crippen LogP contribution in [0.3, 0.4) is 0 Å². The number of esters is 1. The highest BCUT2D eigenvalue weighted by Gasteiger charge is 2.56. The second-order valence-electron chi connectivity index (χ2n) is 8.51. The highest BCUT2D eigenvalue weighted by Crippen LogP contribution is 2.63. The molecule has 3 aliphatic carbocycles. The van der Waals surface area contributed by atoms with E-state index in [1.165, 1.54) is 42.9 Å². The molecule has 0 aliphatic heterocycles. The molecule has 0 saturated heterocycles. The van der Waals surface area contributed by atoms with Gasteiger partial charge in [-0.25, -0.2) is 0 Å². The predicted octanol–water partition coefficient (Wildman–Crippen LogP) is 5.04. The molecule has 2 fully saturated rings. The molecule has 0 unspecified atom stereocenters. The first-order valence-electron chi connectivity index (χ1n) is 9.98. The van der Waals surface area contributed by atoms with E-state index in [-0.39, 0.29) is 17.5 Å². The van der Waals surface area contributed by atoms with Gasteiger partial charge in [0.1, 0.15) is 11.9 Å². The lowest BCUT2D eigenvalue weighted by molar-refractivity contribution is -0.144. The lowest BCUT2D eigenvalue weighted by atomic mass is 9.55. The van der Waals surface area contributed by atoms with E-state index in [0.29, 0.717) is 17.8 Å². The van der Waals surface area contributed by atoms with Crippen molar-refractivity contribution in [3.8, 4) is 5.75 Å². The van der Waals surface area contributed by atoms with Crippen LogP contribution < -0.4 is 4.74 Å². The summed E-state index contributed by atoms with van der Waals surface area (Å²) in [5, 5.41) is 0. The average molecular weight is 354 g/mol. The number of fused-ring (bicyclic) bond motifs is 5. The third-order valence-electron chi connectivity index (χ3n) is 7.42. The Hall–Kier alpha value is -1.77. The number of methoxy groups -OCH3 is 1. The molecule has 0 N–H and O–H groups in total. The Morgan fingerprint density at radius 2 is 2.12 bits per heavy atom. The summed E-state index contributed by atoms with van der Waals surface area (Å²) in [5.74, 6) is 2.73. The van der Waals surface area contributed by atoms with Crippen molar-refractivity contribution in [2.45, 2.75) is 64.9 Å². The normalized spacial score (nSPS) is 36.8. The van der Waals surface area contributed by atoms with Gasteiger partial charge in [-0.1, -0.05) is 19.1 Å². The highest BCUT2D eigenvalue weighted by atomic mass is 16.5. The van der Waals surface area contributed by atoms with Gasteiger partial charge in [-0.2, -0.15) is 0 Å². The van der Waals surface area contributed by atoms with Crippen LogP contribution in [0.2, 0.25) is 0 Å². The zero-order chi connectivity index (χ0) is 18.5. The van der Waals surface area contributed by atoms with E-state index in [0.717, 1.165) is 18.6 Å². The van der Waals surface area contributed by atoms with E-state index in [1.54, 1.807) is 7.11 Å². The van der Waals surface area contributed by atoms with Gasteiger partial charge in [-0.05, 0) is 91.0 Å². The summed E-state index contributed by atoms with van der Waals surface area (Å²) < 4.78 is 11.2. The minimum Gasteiger partial charge on any atom is -0.497 e. The molecule has 0 radical (unpaired) electrons. The van der Waals surface area contributed by atoms with Crippen LogP contribution in [0.5, 0.6) is 5.75 Å². The molecule has 140 valence electrons. The maximum absolute atomic E-state index is 11.6. The molecule has 4 rings (SSSR count). The van der Waals surface area contributed by atoms with Gasteiger partial charge in [0.25, 0.3) is 0 Å². The molecule has 0 aromatic heterocycles. The number of hydrogen-bond donors (Lipinski definition) is 0. The van der Waals surface area contributed by atoms with Gasteiger partial charge in [0.15, 0.2) is 0 Å². The summed E-state index contributed by atoms with van der Waals surface area (Å²) in [6.07, 6.45) is 7.95. The summed E-state index contributed by atoms with van der Waals surface area (Å²) >= 11 is 0. The Morgan fingerprint density at radius 3 is 2.81 bits per heavy atom. The van der Waals surface area contributed by atoms with E-state index >= 15 is 0 Å². The molecule has 0 bridgehead atoms. The standard InChI is InChI=1S/C23H30O3/c1-5-20-22(26-14(2)24)13-21-19-8-6-15-12-16(25-4)7-9-17(15)18(19)10-11-23(20,21)3/h5,7,9,12,18-19,21-22H,6,8,10-11,13H2,1-4H3/b20-5-/t18-,19-,21+,22-,23-/m1/s1. The SMILES string of the molecule is C/C=C1/[C@H](OC(C)=O)C[C@H]2[C@@H]3CCc4cc(OC)ccc4[C@H]3CC[C@]12C. The molecule has 3 aliphatic rings. The first-order valence-corrected chi connectivity index (χ1v) is 9.98. The molecule has 0 heterocycles. The lowest BCUT2D eigenvalue weighted by Crippen LogP contribution is -2.40. The third kappa shape index (κ3) is 2.59. The largest absolute Gasteiger partial charge is 0.497 e. The molecule has 5 atom stereocenters. The molecular formula is C23H30O3. The molecule has 1 aromatic rings. The fourth-order valence-electron chi connectivity index (χ4n) is 6.35. The summed E-state index contributed by atoms with van der Waals surface area (Å²) in [7, 11) is 1.74. The quantitative estimate of drug-likeness (QED) is 0.551. The Bertz CT molecular complexity index is 750. The fraction of sp³-hybridized carbons (Fsp3) is 0.609. The number of carbonyl (C=O) groups excluding carboxylic acids is 1. The number of hydrogen-bond acceptors (Lipinski definition) is 3. The molecule has 3 heteroatoms. The van der Waals surface area contributed by atoms with Crippen molar-refractivity contribution >= 4 is 5.97 Å². The van der Waals surface area contributed by atoms with Crippen LogP contribution in [-0.2, 0) is 16.0 Å². The zero-order valence-electron chi connectivity index (χ0n) is 16.4. The van der Waals surface area contributed by atoms with Crippen LogP contribution in [-0.4, -0.2) is 19.2 Å². The van der Waals surface area contributed by atoms with Crippen LogP contribution in [0, 0.1) is 17.3 Å². The van der Waals surface area contributed by atoms with E-state index in [9.17, 15) is 4.79 Å². The second kappa shape index (κ2) is 6.44. The number of allylic oxidation sites excluding steroid dienone is 1. The van der Waals surface area contributed by atoms with Crippen molar-refractivity contribution in [1.29, 1.82) is 0 Å². The molecule has 26 heavy (non-hydrogen) atoms. The average Bonchev–Trinajstić information content (AvgIpc) is 2.91. The van der Waals surface area contributed by atoms with E-state index in [1.807, 2.05) is 0 Å². The lowest BCUT2D eigenvalue weighted by Gasteiger charge is -2.49. The Balaban J connectivity index is 1.67. The van der Waals surface area contributed by atoms with Gasteiger partial charge < -0.3 is 9.47 Å². The minimum atomic E-state index is -0.158. The van der Waals surface area contributed by atoms with Crippen molar-refractivity contribution < 1.29 is 14.3 Å². The topological polar surface area (TPSA) is 35.5 Å². The molecule has 0 amide bonds. The minimum absolute atomic E-state index is 0.0245. The van der Waals surface area contributed by atoms with Crippen molar-refractivity contribution in [2.24, 2.45) is 17.3 Å². The monoisotopic (exact) mass is 354 g/mol. The van der Waals surface area contributed by atoms with Gasteiger partial charge in [-0.15, -0.1) is 0 Å². The number of rotatable bonds is 2. The molecule has 1 aromatic carbocycles. The number of aryl methyl sites for hydroxylation is 1. The van der Waals surface area contributed by atoms with Crippen LogP contribution in [0.1, 0.15) is 63.5 Å². The first kappa shape index (κ1) is 17.6. The van der Waals surface area contributed by atoms with E-state index < -0.39 is 0 Å². The molecular weight excluding hydrogens is 324 g/mol. The fourth-order valence-corrected chi connectivity index (χ4v) is 6.35. The maximum Gasteiger partial charge on any atom is 0.303 e. The highest BCUT2D eigenvalue weighted by molar-refractivity contribution is 5.66. The van der Waals surface area contributed by atoms with Gasteiger partial charge in [0, 0.05) is 6.92 Å². The Morgan fingerprint density at radius 1 is 1.31 bits per heavy atom. The van der Waals surface area contributed by atoms with E-state index in [4.69, 9.17) is 9.47 Å². The number of carbonyl (C=O) groups is 1. The van der Waals surface area contributed by atoms with Crippen LogP contribution in [0.4, 0.5) is 0 Å². The Kier molecular flexibility index (Phi) is 4.37. The molecule has 3 nitrogen and oxygen atoms in total. The van der Waals surface area contributed by atoms with Crippen LogP contribution >= 0.6 is 0 Å². The number of ether oxygens (including phenoxy) is 2. The van der Waals surface area contributed by atoms with E-state index in [2.05, 4.69) is 38.1 Å². The van der Waals surface area contributed by atoms with Gasteiger partial charge in [0.2, 0.25) is 0 Å². The summed E-state index contributed by atoms with van der Waals surface area (Å²) in [6, 6.07) is 6.64. The summed E-state index contributed by atoms with van der Waals surface area (Å²) in [5.41, 5.74) is 4.54. The summed E-state index contributed by atoms with van der Waals surface area (Å²) in [4.78, 5) is 11.6. The summed E-state index contributed by atoms with van der Waals surface area (Å²) in [6.45, 7) is 6.05. The van der Waals surface area contributed by atoms with Gasteiger partial charge >= 0.3 is 5.97 Å². The van der Waals surface area contributed by atoms with Gasteiger partial charge in [0.05, 0.1) is 7.11 Å². The Labute approximate surface area is 156 Å². The smallest absolute Gasteiger partial charge is 0.303 e.